The molecule has 1 nitrogen and oxygen atoms in total. The molecule has 0 fully saturated rings. The van der Waals surface area contributed by atoms with Crippen molar-refractivity contribution in [2.24, 2.45) is 0 Å². The lowest BCUT2D eigenvalue weighted by Gasteiger charge is -2.09. The Labute approximate surface area is 74.2 Å². The molecule has 9 heavy (non-hydrogen) atoms. The van der Waals surface area contributed by atoms with Gasteiger partial charge in [-0.25, -0.2) is 0 Å². The number of hydrogen-bond acceptors (Lipinski definition) is 2. The van der Waals surface area contributed by atoms with E-state index < -0.39 is 3.79 Å². The molecule has 0 saturated heterocycles. The number of halogens is 3. The molecule has 0 aromatic rings. The molecule has 0 aromatic heterocycles. The Balaban J connectivity index is 3.60. The summed E-state index contributed by atoms with van der Waals surface area (Å²) in [5.74, 6) is 0. The van der Waals surface area contributed by atoms with Crippen LogP contribution in [0.25, 0.3) is 0 Å². The fraction of sp³-hybridized carbons (Fsp3) is 0.750. The van der Waals surface area contributed by atoms with Crippen molar-refractivity contribution in [1.82, 2.24) is 0 Å². The van der Waals surface area contributed by atoms with E-state index in [2.05, 4.69) is 17.0 Å². The topological polar surface area (TPSA) is 9.23 Å². The minimum atomic E-state index is -1.33. The van der Waals surface area contributed by atoms with Crippen LogP contribution < -0.4 is 0 Å². The molecule has 0 rings (SSSR count). The van der Waals surface area contributed by atoms with Crippen molar-refractivity contribution in [3.8, 4) is 0 Å². The summed E-state index contributed by atoms with van der Waals surface area (Å²) in [6, 6.07) is 0. The van der Waals surface area contributed by atoms with Crippen LogP contribution in [-0.4, -0.2) is 16.0 Å². The Bertz CT molecular complexity index is 109. The summed E-state index contributed by atoms with van der Waals surface area (Å²) in [5.41, 5.74) is 0. The highest BCUT2D eigenvalue weighted by Gasteiger charge is 2.21. The predicted molar refractivity (Wildman–Crippen MR) is 44.5 cm³/mol. The molecule has 54 valence electrons. The third-order valence-corrected chi connectivity index (χ3v) is 1.28. The molecule has 0 aliphatic heterocycles. The molecule has 0 aromatic carbocycles. The molecule has 0 aliphatic rings. The van der Waals surface area contributed by atoms with E-state index in [1.165, 1.54) is 7.11 Å². The fourth-order valence-electron chi connectivity index (χ4n) is 0.236. The largest absolute Gasteiger partial charge is 0.490 e. The average molecular weight is 208 g/mol. The van der Waals surface area contributed by atoms with Crippen LogP contribution in [-0.2, 0) is 4.74 Å². The lowest BCUT2D eigenvalue weighted by atomic mass is 10.5. The first-order chi connectivity index (χ1) is 3.95. The molecule has 0 spiro atoms. The predicted octanol–water partition coefficient (Wildman–Crippen LogP) is 2.72. The van der Waals surface area contributed by atoms with Crippen molar-refractivity contribution in [3.63, 3.8) is 0 Å². The second-order valence-corrected chi connectivity index (χ2v) is 4.34. The minimum Gasteiger partial charge on any atom is -0.490 e. The summed E-state index contributed by atoms with van der Waals surface area (Å²) in [4.78, 5) is 0. The zero-order valence-corrected chi connectivity index (χ0v) is 7.74. The molecule has 0 aliphatic carbocycles. The third kappa shape index (κ3) is 6.65. The first-order valence-electron chi connectivity index (χ1n) is 2.09. The average Bonchev–Trinajstić information content (AvgIpc) is 1.62. The molecule has 5 heteroatoms. The van der Waals surface area contributed by atoms with Crippen molar-refractivity contribution in [3.05, 3.63) is 0 Å². The van der Waals surface area contributed by atoms with Crippen LogP contribution in [0.4, 0.5) is 0 Å². The second kappa shape index (κ2) is 3.81. The second-order valence-electron chi connectivity index (χ2n) is 1.37. The first kappa shape index (κ1) is 9.76. The van der Waals surface area contributed by atoms with E-state index in [0.717, 1.165) is 0 Å². The van der Waals surface area contributed by atoms with E-state index in [0.29, 0.717) is 5.05 Å². The normalized spacial score (nSPS) is 11.1. The minimum absolute atomic E-state index is 0.156. The van der Waals surface area contributed by atoms with E-state index >= 15 is 0 Å². The molecular weight excluding hydrogens is 202 g/mol. The molecule has 0 radical (unpaired) electrons. The van der Waals surface area contributed by atoms with Crippen LogP contribution in [0.5, 0.6) is 0 Å². The van der Waals surface area contributed by atoms with E-state index in [4.69, 9.17) is 34.8 Å². The number of thiocarbonyl (C=S) groups is 1. The van der Waals surface area contributed by atoms with Gasteiger partial charge in [-0.05, 0) is 12.2 Å². The summed E-state index contributed by atoms with van der Waals surface area (Å²) >= 11 is 20.7. The number of hydrogen-bond donors (Lipinski definition) is 0. The molecular formula is C4H5Cl3OS. The van der Waals surface area contributed by atoms with Crippen LogP contribution in [0.1, 0.15) is 6.42 Å². The smallest absolute Gasteiger partial charge is 0.198 e. The number of rotatable bonds is 1. The van der Waals surface area contributed by atoms with Gasteiger partial charge in [0.15, 0.2) is 8.84 Å². The van der Waals surface area contributed by atoms with Gasteiger partial charge in [0.1, 0.15) is 0 Å². The van der Waals surface area contributed by atoms with Crippen molar-refractivity contribution < 1.29 is 4.74 Å². The zero-order valence-electron chi connectivity index (χ0n) is 4.66. The first-order valence-corrected chi connectivity index (χ1v) is 3.63. The Morgan fingerprint density at radius 3 is 2.11 bits per heavy atom. The summed E-state index contributed by atoms with van der Waals surface area (Å²) < 4.78 is 3.28. The molecule has 0 N–H and O–H groups in total. The van der Waals surface area contributed by atoms with Crippen LogP contribution in [0.2, 0.25) is 0 Å². The highest BCUT2D eigenvalue weighted by molar-refractivity contribution is 7.80. The van der Waals surface area contributed by atoms with E-state index in [9.17, 15) is 0 Å². The van der Waals surface area contributed by atoms with Gasteiger partial charge in [0.05, 0.1) is 13.5 Å². The van der Waals surface area contributed by atoms with Gasteiger partial charge in [0.25, 0.3) is 0 Å². The summed E-state index contributed by atoms with van der Waals surface area (Å²) in [7, 11) is 1.44. The highest BCUT2D eigenvalue weighted by Crippen LogP contribution is 2.30. The van der Waals surface area contributed by atoms with Crippen molar-refractivity contribution in [2.75, 3.05) is 7.11 Å². The summed E-state index contributed by atoms with van der Waals surface area (Å²) in [6.07, 6.45) is 0.156. The van der Waals surface area contributed by atoms with Gasteiger partial charge >= 0.3 is 0 Å². The van der Waals surface area contributed by atoms with Gasteiger partial charge in [0, 0.05) is 0 Å². The van der Waals surface area contributed by atoms with Crippen LogP contribution in [0.15, 0.2) is 0 Å². The molecule has 0 saturated carbocycles. The summed E-state index contributed by atoms with van der Waals surface area (Å²) in [6.45, 7) is 0. The molecule has 0 amide bonds. The third-order valence-electron chi connectivity index (χ3n) is 0.572. The lowest BCUT2D eigenvalue weighted by molar-refractivity contribution is 0.403. The number of ether oxygens (including phenoxy) is 1. The standard InChI is InChI=1S/C4H5Cl3OS/c1-8-3(9)2-4(5,6)7/h2H2,1H3. The SMILES string of the molecule is COC(=S)CC(Cl)(Cl)Cl. The molecule has 0 bridgehead atoms. The van der Waals surface area contributed by atoms with Crippen molar-refractivity contribution in [2.45, 2.75) is 10.2 Å². The van der Waals surface area contributed by atoms with Crippen molar-refractivity contribution >= 4 is 52.1 Å². The molecule has 0 atom stereocenters. The van der Waals surface area contributed by atoms with E-state index in [1.54, 1.807) is 0 Å². The van der Waals surface area contributed by atoms with Gasteiger partial charge in [-0.3, -0.25) is 0 Å². The van der Waals surface area contributed by atoms with Gasteiger partial charge in [-0.2, -0.15) is 0 Å². The summed E-state index contributed by atoms with van der Waals surface area (Å²) in [5, 5.41) is 0.301. The molecule has 0 heterocycles. The Kier molecular flexibility index (Phi) is 4.14. The number of methoxy groups -OCH3 is 1. The number of alkyl halides is 3. The van der Waals surface area contributed by atoms with E-state index in [-0.39, 0.29) is 6.42 Å². The Morgan fingerprint density at radius 2 is 2.00 bits per heavy atom. The van der Waals surface area contributed by atoms with Crippen LogP contribution in [0, 0.1) is 0 Å². The maximum Gasteiger partial charge on any atom is 0.198 e. The van der Waals surface area contributed by atoms with Gasteiger partial charge in [-0.1, -0.05) is 34.8 Å². The van der Waals surface area contributed by atoms with Crippen LogP contribution >= 0.6 is 47.0 Å². The fourth-order valence-corrected chi connectivity index (χ4v) is 1.05. The lowest BCUT2D eigenvalue weighted by Crippen LogP contribution is -2.10. The van der Waals surface area contributed by atoms with Gasteiger partial charge in [0.2, 0.25) is 0 Å². The van der Waals surface area contributed by atoms with Crippen LogP contribution in [0.3, 0.4) is 0 Å². The highest BCUT2D eigenvalue weighted by atomic mass is 35.6. The maximum atomic E-state index is 5.37. The Hall–Kier alpha value is 0.760. The Morgan fingerprint density at radius 1 is 1.56 bits per heavy atom. The van der Waals surface area contributed by atoms with Gasteiger partial charge < -0.3 is 4.74 Å². The maximum absolute atomic E-state index is 5.37. The van der Waals surface area contributed by atoms with E-state index in [1.807, 2.05) is 0 Å². The molecule has 0 unspecified atom stereocenters. The monoisotopic (exact) mass is 206 g/mol. The quantitative estimate of drug-likeness (QED) is 0.483. The zero-order chi connectivity index (χ0) is 7.49. The van der Waals surface area contributed by atoms with Crippen molar-refractivity contribution in [1.29, 1.82) is 0 Å². The van der Waals surface area contributed by atoms with Gasteiger partial charge in [-0.15, -0.1) is 0 Å².